The van der Waals surface area contributed by atoms with E-state index in [0.29, 0.717) is 52.7 Å². The Balaban J connectivity index is 1.17. The van der Waals surface area contributed by atoms with Crippen molar-refractivity contribution in [3.8, 4) is 0 Å². The van der Waals surface area contributed by atoms with E-state index >= 15 is 0 Å². The van der Waals surface area contributed by atoms with E-state index in [1.54, 1.807) is 12.2 Å². The van der Waals surface area contributed by atoms with Crippen molar-refractivity contribution in [1.29, 1.82) is 0 Å². The van der Waals surface area contributed by atoms with Crippen LogP contribution in [0.25, 0.3) is 0 Å². The monoisotopic (exact) mass is 405 g/mol. The molecule has 1 aliphatic heterocycles. The normalized spacial score (nSPS) is 25.7. The maximum atomic E-state index is 12.2. The maximum Gasteiger partial charge on any atom is 0.237 e. The number of hydrogen-bond acceptors (Lipinski definition) is 6. The molecule has 7 heteroatoms. The second-order valence-electron chi connectivity index (χ2n) is 7.43. The third-order valence-electron chi connectivity index (χ3n) is 5.47. The summed E-state index contributed by atoms with van der Waals surface area (Å²) in [6.45, 7) is 3.45. The molecule has 3 aliphatic rings. The van der Waals surface area contributed by atoms with Crippen molar-refractivity contribution in [3.05, 3.63) is 36.1 Å². The zero-order valence-electron chi connectivity index (χ0n) is 16.9. The van der Waals surface area contributed by atoms with Crippen molar-refractivity contribution >= 4 is 11.8 Å². The second-order valence-corrected chi connectivity index (χ2v) is 7.43. The number of nitrogens with one attached hydrogen (secondary N) is 1. The van der Waals surface area contributed by atoms with Crippen LogP contribution in [0.5, 0.6) is 0 Å². The minimum Gasteiger partial charge on any atom is -0.496 e. The molecule has 2 unspecified atom stereocenters. The second kappa shape index (κ2) is 11.3. The van der Waals surface area contributed by atoms with Crippen LogP contribution < -0.4 is 5.32 Å². The van der Waals surface area contributed by atoms with E-state index in [9.17, 15) is 9.59 Å². The zero-order chi connectivity index (χ0) is 20.4. The molecule has 1 saturated heterocycles. The number of carbonyl (C=O) groups is 2. The van der Waals surface area contributed by atoms with Gasteiger partial charge < -0.3 is 18.9 Å². The van der Waals surface area contributed by atoms with Gasteiger partial charge in [-0.2, -0.15) is 0 Å². The molecule has 2 amide bonds. The zero-order valence-corrected chi connectivity index (χ0v) is 16.9. The third-order valence-corrected chi connectivity index (χ3v) is 5.47. The van der Waals surface area contributed by atoms with Gasteiger partial charge in [0.05, 0.1) is 50.1 Å². The number of hydrogen-bond donors (Lipinski definition) is 1. The molecular formula is C22H31NO6. The summed E-state index contributed by atoms with van der Waals surface area (Å²) in [5.41, 5.74) is -0.809. The van der Waals surface area contributed by atoms with Crippen molar-refractivity contribution in [2.24, 2.45) is 11.3 Å². The number of ether oxygens (including phenoxy) is 4. The molecule has 0 bridgehead atoms. The molecular weight excluding hydrogens is 374 g/mol. The van der Waals surface area contributed by atoms with Crippen molar-refractivity contribution in [2.45, 2.75) is 32.1 Å². The van der Waals surface area contributed by atoms with Crippen LogP contribution in [0.4, 0.5) is 0 Å². The Morgan fingerprint density at radius 1 is 0.931 bits per heavy atom. The number of imide groups is 1. The molecule has 0 radical (unpaired) electrons. The SMILES string of the molecule is O=C1NC(=O)C2(CCOCCOCCOCCOC3=CCCCC3)C=CC=CC12. The summed E-state index contributed by atoms with van der Waals surface area (Å²) in [7, 11) is 0. The highest BCUT2D eigenvalue weighted by Crippen LogP contribution is 2.41. The van der Waals surface area contributed by atoms with Crippen LogP contribution in [0.15, 0.2) is 36.1 Å². The van der Waals surface area contributed by atoms with Crippen LogP contribution >= 0.6 is 0 Å². The van der Waals surface area contributed by atoms with Gasteiger partial charge in [0.25, 0.3) is 0 Å². The number of amides is 2. The molecule has 0 aromatic heterocycles. The Labute approximate surface area is 172 Å². The van der Waals surface area contributed by atoms with Gasteiger partial charge >= 0.3 is 0 Å². The minimum atomic E-state index is -0.809. The first-order valence-corrected chi connectivity index (χ1v) is 10.5. The number of allylic oxidation sites excluding steroid dienone is 4. The average molecular weight is 405 g/mol. The highest BCUT2D eigenvalue weighted by atomic mass is 16.6. The summed E-state index contributed by atoms with van der Waals surface area (Å²) < 4.78 is 22.2. The van der Waals surface area contributed by atoms with Gasteiger partial charge in [-0.15, -0.1) is 0 Å². The van der Waals surface area contributed by atoms with E-state index in [1.165, 1.54) is 12.8 Å². The largest absolute Gasteiger partial charge is 0.496 e. The third kappa shape index (κ3) is 6.01. The summed E-state index contributed by atoms with van der Waals surface area (Å²) in [4.78, 5) is 24.1. The summed E-state index contributed by atoms with van der Waals surface area (Å²) in [5.74, 6) is 0.183. The van der Waals surface area contributed by atoms with Gasteiger partial charge in [0, 0.05) is 13.0 Å². The van der Waals surface area contributed by atoms with Gasteiger partial charge in [-0.1, -0.05) is 24.3 Å². The standard InChI is InChI=1S/C22H31NO6/c24-20-19-8-4-5-9-22(19,21(25)23-20)10-11-26-12-13-27-14-15-28-16-17-29-18-6-2-1-3-7-18/h4-6,8-9,19H,1-3,7,10-17H2,(H,23,24,25). The van der Waals surface area contributed by atoms with E-state index in [1.807, 2.05) is 12.2 Å². The van der Waals surface area contributed by atoms with Crippen molar-refractivity contribution < 1.29 is 28.5 Å². The average Bonchev–Trinajstić information content (AvgIpc) is 3.00. The van der Waals surface area contributed by atoms with Crippen molar-refractivity contribution in [2.75, 3.05) is 46.2 Å². The smallest absolute Gasteiger partial charge is 0.237 e. The Bertz CT molecular complexity index is 656. The van der Waals surface area contributed by atoms with Crippen LogP contribution in [-0.4, -0.2) is 58.1 Å². The maximum absolute atomic E-state index is 12.2. The van der Waals surface area contributed by atoms with Crippen LogP contribution in [-0.2, 0) is 28.5 Å². The van der Waals surface area contributed by atoms with Gasteiger partial charge in [0.15, 0.2) is 0 Å². The van der Waals surface area contributed by atoms with Gasteiger partial charge in [0.2, 0.25) is 11.8 Å². The van der Waals surface area contributed by atoms with Gasteiger partial charge in [-0.25, -0.2) is 0 Å². The van der Waals surface area contributed by atoms with Crippen LogP contribution in [0.2, 0.25) is 0 Å². The Morgan fingerprint density at radius 2 is 1.66 bits per heavy atom. The van der Waals surface area contributed by atoms with E-state index in [2.05, 4.69) is 11.4 Å². The summed E-state index contributed by atoms with van der Waals surface area (Å²) in [6.07, 6.45) is 14.5. The van der Waals surface area contributed by atoms with Gasteiger partial charge in [-0.3, -0.25) is 14.9 Å². The Morgan fingerprint density at radius 3 is 2.38 bits per heavy atom. The first kappa shape index (κ1) is 21.7. The fraction of sp³-hybridized carbons (Fsp3) is 0.636. The van der Waals surface area contributed by atoms with Gasteiger partial charge in [-0.05, 0) is 31.8 Å². The minimum absolute atomic E-state index is 0.236. The van der Waals surface area contributed by atoms with Crippen LogP contribution in [0.1, 0.15) is 32.1 Å². The number of carbonyl (C=O) groups excluding carboxylic acids is 2. The molecule has 2 aliphatic carbocycles. The first-order chi connectivity index (χ1) is 14.2. The van der Waals surface area contributed by atoms with Crippen LogP contribution in [0.3, 0.4) is 0 Å². The Kier molecular flexibility index (Phi) is 8.46. The first-order valence-electron chi connectivity index (χ1n) is 10.5. The van der Waals surface area contributed by atoms with Gasteiger partial charge in [0.1, 0.15) is 6.61 Å². The molecule has 1 N–H and O–H groups in total. The predicted molar refractivity (Wildman–Crippen MR) is 107 cm³/mol. The lowest BCUT2D eigenvalue weighted by Crippen LogP contribution is -2.35. The molecule has 2 atom stereocenters. The fourth-order valence-electron chi connectivity index (χ4n) is 3.83. The molecule has 0 spiro atoms. The summed E-state index contributed by atoms with van der Waals surface area (Å²) in [5, 5.41) is 2.42. The molecule has 160 valence electrons. The van der Waals surface area contributed by atoms with Crippen LogP contribution in [0, 0.1) is 11.3 Å². The number of fused-ring (bicyclic) bond motifs is 1. The van der Waals surface area contributed by atoms with E-state index < -0.39 is 11.3 Å². The van der Waals surface area contributed by atoms with E-state index in [4.69, 9.17) is 18.9 Å². The number of rotatable bonds is 13. The molecule has 3 rings (SSSR count). The molecule has 1 fully saturated rings. The van der Waals surface area contributed by atoms with Crippen molar-refractivity contribution in [3.63, 3.8) is 0 Å². The predicted octanol–water partition coefficient (Wildman–Crippen LogP) is 2.29. The summed E-state index contributed by atoms with van der Waals surface area (Å²) >= 11 is 0. The Hall–Kier alpha value is -1.96. The van der Waals surface area contributed by atoms with E-state index in [-0.39, 0.29) is 11.8 Å². The molecule has 29 heavy (non-hydrogen) atoms. The summed E-state index contributed by atoms with van der Waals surface area (Å²) in [6, 6.07) is 0. The lowest BCUT2D eigenvalue weighted by molar-refractivity contribution is -0.127. The quantitative estimate of drug-likeness (QED) is 0.374. The molecule has 1 heterocycles. The molecule has 7 nitrogen and oxygen atoms in total. The highest BCUT2D eigenvalue weighted by molar-refractivity contribution is 6.09. The fourth-order valence-corrected chi connectivity index (χ4v) is 3.83. The highest BCUT2D eigenvalue weighted by Gasteiger charge is 2.52. The lowest BCUT2D eigenvalue weighted by Gasteiger charge is -2.28. The lowest BCUT2D eigenvalue weighted by atomic mass is 9.72. The van der Waals surface area contributed by atoms with Crippen molar-refractivity contribution in [1.82, 2.24) is 5.32 Å². The topological polar surface area (TPSA) is 83.1 Å². The molecule has 0 aromatic rings. The molecule has 0 saturated carbocycles. The van der Waals surface area contributed by atoms with E-state index in [0.717, 1.165) is 18.6 Å². The molecule has 0 aromatic carbocycles.